The van der Waals surface area contributed by atoms with Crippen LogP contribution < -0.4 is 17.2 Å². The van der Waals surface area contributed by atoms with Crippen LogP contribution in [0.3, 0.4) is 0 Å². The van der Waals surface area contributed by atoms with Crippen LogP contribution in [-0.2, 0) is 13.1 Å². The second-order valence-corrected chi connectivity index (χ2v) is 12.2. The summed E-state index contributed by atoms with van der Waals surface area (Å²) in [5.74, 6) is -0.514. The fourth-order valence-electron chi connectivity index (χ4n) is 5.82. The third kappa shape index (κ3) is 7.29. The predicted octanol–water partition coefficient (Wildman–Crippen LogP) is 6.56. The van der Waals surface area contributed by atoms with Crippen molar-refractivity contribution >= 4 is 31.5 Å². The number of nitrogens with two attached hydrogens (primary N) is 3. The van der Waals surface area contributed by atoms with E-state index in [1.165, 1.54) is 6.07 Å². The molecule has 0 unspecified atom stereocenters. The Labute approximate surface area is 256 Å². The highest BCUT2D eigenvalue weighted by molar-refractivity contribution is 7.25. The molecule has 0 atom stereocenters. The largest absolute Gasteiger partial charge is 0.329 e. The Morgan fingerprint density at radius 2 is 1.02 bits per heavy atom. The Bertz CT molecular complexity index is 1550. The molecule has 1 aromatic heterocycles. The van der Waals surface area contributed by atoms with Crippen molar-refractivity contribution in [3.63, 3.8) is 0 Å². The molecule has 0 aliphatic rings. The molecule has 0 saturated carbocycles. The first-order valence-corrected chi connectivity index (χ1v) is 15.8. The molecule has 5 aromatic rings. The molecule has 5 rings (SSSR count). The number of halogens is 2. The number of hydrogen-bond donors (Lipinski definition) is 3. The van der Waals surface area contributed by atoms with Gasteiger partial charge in [0.2, 0.25) is 0 Å². The molecular formula is C35H41F2N5S. The summed E-state index contributed by atoms with van der Waals surface area (Å²) < 4.78 is 32.6. The second-order valence-electron chi connectivity index (χ2n) is 11.1. The van der Waals surface area contributed by atoms with Gasteiger partial charge in [0.15, 0.2) is 0 Å². The van der Waals surface area contributed by atoms with E-state index in [-0.39, 0.29) is 11.6 Å². The zero-order valence-corrected chi connectivity index (χ0v) is 25.6. The van der Waals surface area contributed by atoms with Crippen molar-refractivity contribution in [2.45, 2.75) is 26.4 Å². The zero-order valence-electron chi connectivity index (χ0n) is 24.8. The summed E-state index contributed by atoms with van der Waals surface area (Å²) in [6, 6.07) is 22.8. The highest BCUT2D eigenvalue weighted by atomic mass is 32.1. The fourth-order valence-corrected chi connectivity index (χ4v) is 6.88. The Hall–Kier alpha value is -3.24. The molecule has 8 heteroatoms. The lowest BCUT2D eigenvalue weighted by atomic mass is 9.98. The molecule has 0 aliphatic heterocycles. The van der Waals surface area contributed by atoms with Crippen LogP contribution in [0.15, 0.2) is 72.8 Å². The molecule has 4 aromatic carbocycles. The number of hydrogen-bond acceptors (Lipinski definition) is 6. The highest BCUT2D eigenvalue weighted by Crippen LogP contribution is 2.39. The molecule has 226 valence electrons. The van der Waals surface area contributed by atoms with Gasteiger partial charge in [0.25, 0.3) is 0 Å². The number of fused-ring (bicyclic) bond motifs is 3. The van der Waals surface area contributed by atoms with Gasteiger partial charge in [-0.3, -0.25) is 9.80 Å². The van der Waals surface area contributed by atoms with Crippen LogP contribution in [0.2, 0.25) is 0 Å². The minimum absolute atomic E-state index is 0.249. The zero-order chi connectivity index (χ0) is 30.3. The molecule has 5 nitrogen and oxygen atoms in total. The molecule has 6 N–H and O–H groups in total. The molecule has 1 heterocycles. The van der Waals surface area contributed by atoms with Crippen molar-refractivity contribution in [1.29, 1.82) is 0 Å². The number of nitrogens with zero attached hydrogens (tertiary/aromatic N) is 2. The van der Waals surface area contributed by atoms with Gasteiger partial charge < -0.3 is 17.2 Å². The average molecular weight is 602 g/mol. The number of benzene rings is 4. The van der Waals surface area contributed by atoms with E-state index in [0.29, 0.717) is 37.3 Å². The van der Waals surface area contributed by atoms with Crippen LogP contribution in [0.4, 0.5) is 8.78 Å². The molecule has 0 radical (unpaired) electrons. The molecule has 0 amide bonds. The smallest absolute Gasteiger partial charge is 0.131 e. The minimum Gasteiger partial charge on any atom is -0.329 e. The predicted molar refractivity (Wildman–Crippen MR) is 178 cm³/mol. The van der Waals surface area contributed by atoms with Crippen molar-refractivity contribution in [3.05, 3.63) is 95.6 Å². The van der Waals surface area contributed by atoms with Gasteiger partial charge in [0.05, 0.1) is 0 Å². The lowest BCUT2D eigenvalue weighted by molar-refractivity contribution is 0.273. The van der Waals surface area contributed by atoms with Gasteiger partial charge in [0, 0.05) is 83.7 Å². The van der Waals surface area contributed by atoms with E-state index in [2.05, 4.69) is 41.0 Å². The summed E-state index contributed by atoms with van der Waals surface area (Å²) in [7, 11) is 0. The third-order valence-corrected chi connectivity index (χ3v) is 8.99. The van der Waals surface area contributed by atoms with Crippen molar-refractivity contribution in [2.24, 2.45) is 17.2 Å². The summed E-state index contributed by atoms with van der Waals surface area (Å²) in [6.45, 7) is 8.41. The molecule has 0 saturated heterocycles. The van der Waals surface area contributed by atoms with Gasteiger partial charge >= 0.3 is 0 Å². The Morgan fingerprint density at radius 3 is 1.44 bits per heavy atom. The fraction of sp³-hybridized carbons (Fsp3) is 0.314. The summed E-state index contributed by atoms with van der Waals surface area (Å²) in [5.41, 5.74) is 22.2. The van der Waals surface area contributed by atoms with Gasteiger partial charge in [-0.15, -0.1) is 11.3 Å². The maximum atomic E-state index is 15.2. The molecule has 0 fully saturated rings. The summed E-state index contributed by atoms with van der Waals surface area (Å²) in [4.78, 5) is 4.48. The molecule has 0 aliphatic carbocycles. The van der Waals surface area contributed by atoms with Gasteiger partial charge in [0.1, 0.15) is 11.6 Å². The molecule has 43 heavy (non-hydrogen) atoms. The van der Waals surface area contributed by atoms with E-state index < -0.39 is 0 Å². The van der Waals surface area contributed by atoms with Crippen LogP contribution in [0.5, 0.6) is 0 Å². The van der Waals surface area contributed by atoms with Crippen LogP contribution >= 0.6 is 11.3 Å². The van der Waals surface area contributed by atoms with Crippen LogP contribution in [0, 0.1) is 11.6 Å². The minimum atomic E-state index is -0.266. The van der Waals surface area contributed by atoms with E-state index in [1.807, 2.05) is 36.4 Å². The van der Waals surface area contributed by atoms with Crippen molar-refractivity contribution in [3.8, 4) is 22.3 Å². The lowest BCUT2D eigenvalue weighted by Gasteiger charge is -2.21. The highest BCUT2D eigenvalue weighted by Gasteiger charge is 2.15. The molecule has 0 bridgehead atoms. The SMILES string of the molecule is CCCN(CCN)Cc1ccc(F)c(-c2ccc3sc4ccc(-c5cc(CN(CCN)CCN)ccc5F)cc4c3c2)c1. The van der Waals surface area contributed by atoms with Crippen molar-refractivity contribution in [1.82, 2.24) is 9.80 Å². The van der Waals surface area contributed by atoms with Gasteiger partial charge in [-0.2, -0.15) is 0 Å². The Morgan fingerprint density at radius 1 is 0.581 bits per heavy atom. The monoisotopic (exact) mass is 601 g/mol. The topological polar surface area (TPSA) is 84.5 Å². The summed E-state index contributed by atoms with van der Waals surface area (Å²) >= 11 is 1.69. The number of rotatable bonds is 14. The van der Waals surface area contributed by atoms with Crippen molar-refractivity contribution < 1.29 is 8.78 Å². The summed E-state index contributed by atoms with van der Waals surface area (Å²) in [6.07, 6.45) is 1.03. The van der Waals surface area contributed by atoms with Gasteiger partial charge in [-0.1, -0.05) is 31.2 Å². The van der Waals surface area contributed by atoms with Crippen LogP contribution in [0.25, 0.3) is 42.4 Å². The van der Waals surface area contributed by atoms with E-state index in [0.717, 1.165) is 81.6 Å². The molecule has 0 spiro atoms. The standard InChI is InChI=1S/C35H41F2N5S/c1-2-14-41(15-11-38)22-24-3-7-32(36)28(18-24)26-5-9-34-30(20-26)31-21-27(6-10-35(31)43-34)29-19-25(4-8-33(29)37)23-42(16-12-39)17-13-40/h3-10,18-21H,2,11-17,22-23,38-40H2,1H3. The quantitative estimate of drug-likeness (QED) is 0.134. The van der Waals surface area contributed by atoms with E-state index in [4.69, 9.17) is 17.2 Å². The van der Waals surface area contributed by atoms with Crippen LogP contribution in [-0.4, -0.2) is 55.6 Å². The second kappa shape index (κ2) is 14.5. The van der Waals surface area contributed by atoms with Crippen LogP contribution in [0.1, 0.15) is 24.5 Å². The first kappa shape index (κ1) is 31.2. The maximum absolute atomic E-state index is 15.2. The Balaban J connectivity index is 1.51. The first-order valence-electron chi connectivity index (χ1n) is 15.0. The number of thiophene rings is 1. The third-order valence-electron chi connectivity index (χ3n) is 7.84. The van der Waals surface area contributed by atoms with Gasteiger partial charge in [-0.25, -0.2) is 8.78 Å². The van der Waals surface area contributed by atoms with E-state index in [1.54, 1.807) is 17.4 Å². The van der Waals surface area contributed by atoms with Crippen molar-refractivity contribution in [2.75, 3.05) is 45.8 Å². The van der Waals surface area contributed by atoms with Gasteiger partial charge in [-0.05, 0) is 83.8 Å². The Kier molecular flexibility index (Phi) is 10.5. The summed E-state index contributed by atoms with van der Waals surface area (Å²) in [5, 5.41) is 2.07. The lowest BCUT2D eigenvalue weighted by Crippen LogP contribution is -2.33. The first-order chi connectivity index (χ1) is 20.9. The average Bonchev–Trinajstić information content (AvgIpc) is 3.37. The normalized spacial score (nSPS) is 11.9. The molecular weight excluding hydrogens is 560 g/mol. The van der Waals surface area contributed by atoms with E-state index in [9.17, 15) is 0 Å². The maximum Gasteiger partial charge on any atom is 0.131 e. The van der Waals surface area contributed by atoms with E-state index >= 15 is 8.78 Å².